The van der Waals surface area contributed by atoms with E-state index >= 15 is 0 Å². The summed E-state index contributed by atoms with van der Waals surface area (Å²) in [6, 6.07) is 15.8. The van der Waals surface area contributed by atoms with Crippen LogP contribution in [0.15, 0.2) is 72.1 Å². The molecule has 2 aromatic carbocycles. The van der Waals surface area contributed by atoms with Gasteiger partial charge in [0.05, 0.1) is 24.6 Å². The highest BCUT2D eigenvalue weighted by atomic mass is 32.2. The number of hydrogen-bond acceptors (Lipinski definition) is 6. The van der Waals surface area contributed by atoms with Crippen molar-refractivity contribution in [1.82, 2.24) is 24.4 Å². The van der Waals surface area contributed by atoms with E-state index in [0.717, 1.165) is 5.56 Å². The van der Waals surface area contributed by atoms with Gasteiger partial charge in [-0.3, -0.25) is 9.48 Å². The number of piperidine rings is 1. The lowest BCUT2D eigenvalue weighted by atomic mass is 9.96. The minimum atomic E-state index is -3.61. The van der Waals surface area contributed by atoms with Crippen molar-refractivity contribution in [2.75, 3.05) is 20.2 Å². The van der Waals surface area contributed by atoms with E-state index in [1.54, 1.807) is 35.3 Å². The average Bonchev–Trinajstić information content (AvgIpc) is 3.37. The first kappa shape index (κ1) is 22.9. The van der Waals surface area contributed by atoms with Crippen molar-refractivity contribution in [3.8, 4) is 5.75 Å². The summed E-state index contributed by atoms with van der Waals surface area (Å²) in [5.41, 5.74) is 0.973. The fourth-order valence-electron chi connectivity index (χ4n) is 3.98. The van der Waals surface area contributed by atoms with Crippen molar-refractivity contribution in [2.45, 2.75) is 30.3 Å². The maximum atomic E-state index is 13.1. The predicted octanol–water partition coefficient (Wildman–Crippen LogP) is 2.25. The lowest BCUT2D eigenvalue weighted by molar-refractivity contribution is -0.127. The fraction of sp³-hybridized carbons (Fsp3) is 0.348. The van der Waals surface area contributed by atoms with E-state index in [9.17, 15) is 13.2 Å². The highest BCUT2D eigenvalue weighted by molar-refractivity contribution is 7.89. The second-order valence-electron chi connectivity index (χ2n) is 7.94. The summed E-state index contributed by atoms with van der Waals surface area (Å²) in [4.78, 5) is 17.3. The van der Waals surface area contributed by atoms with Crippen LogP contribution >= 0.6 is 0 Å². The molecule has 1 N–H and O–H groups in total. The molecule has 0 saturated carbocycles. The Morgan fingerprint density at radius 1 is 1.12 bits per heavy atom. The molecule has 1 atom stereocenters. The highest BCUT2D eigenvalue weighted by Crippen LogP contribution is 2.26. The van der Waals surface area contributed by atoms with Crippen molar-refractivity contribution < 1.29 is 17.9 Å². The molecule has 1 unspecified atom stereocenters. The van der Waals surface area contributed by atoms with Gasteiger partial charge in [0.15, 0.2) is 0 Å². The van der Waals surface area contributed by atoms with Gasteiger partial charge in [0.1, 0.15) is 18.4 Å². The molecule has 0 radical (unpaired) electrons. The molecule has 1 aliphatic heterocycles. The molecule has 0 bridgehead atoms. The van der Waals surface area contributed by atoms with Crippen LogP contribution in [-0.4, -0.2) is 53.6 Å². The number of carbonyl (C=O) groups is 1. The molecule has 0 aliphatic carbocycles. The van der Waals surface area contributed by atoms with E-state index in [1.807, 2.05) is 30.3 Å². The van der Waals surface area contributed by atoms with Crippen molar-refractivity contribution in [3.05, 3.63) is 72.8 Å². The van der Waals surface area contributed by atoms with Gasteiger partial charge in [0, 0.05) is 19.0 Å². The van der Waals surface area contributed by atoms with Crippen LogP contribution in [0.1, 0.15) is 24.4 Å². The molecule has 3 aromatic rings. The Morgan fingerprint density at radius 2 is 1.82 bits per heavy atom. The minimum Gasteiger partial charge on any atom is -0.497 e. The Labute approximate surface area is 193 Å². The molecular formula is C23H27N5O4S. The van der Waals surface area contributed by atoms with Crippen LogP contribution in [0.5, 0.6) is 5.75 Å². The fourth-order valence-corrected chi connectivity index (χ4v) is 5.45. The third-order valence-corrected chi connectivity index (χ3v) is 7.79. The van der Waals surface area contributed by atoms with E-state index in [1.165, 1.54) is 17.7 Å². The number of benzene rings is 2. The van der Waals surface area contributed by atoms with Crippen LogP contribution in [0.3, 0.4) is 0 Å². The summed E-state index contributed by atoms with van der Waals surface area (Å²) in [5.74, 6) is 0.267. The van der Waals surface area contributed by atoms with Gasteiger partial charge >= 0.3 is 0 Å². The Balaban J connectivity index is 1.39. The summed E-state index contributed by atoms with van der Waals surface area (Å²) >= 11 is 0. The minimum absolute atomic E-state index is 0.0783. The number of rotatable bonds is 8. The molecule has 1 fully saturated rings. The summed E-state index contributed by atoms with van der Waals surface area (Å²) < 4.78 is 34.2. The number of nitrogens with one attached hydrogen (secondary N) is 1. The van der Waals surface area contributed by atoms with Gasteiger partial charge in [-0.25, -0.2) is 13.4 Å². The third-order valence-electron chi connectivity index (χ3n) is 5.88. The zero-order valence-corrected chi connectivity index (χ0v) is 19.2. The Hall–Kier alpha value is -3.24. The molecule has 0 spiro atoms. The van der Waals surface area contributed by atoms with E-state index in [4.69, 9.17) is 4.74 Å². The highest BCUT2D eigenvalue weighted by Gasteiger charge is 2.33. The molecule has 33 heavy (non-hydrogen) atoms. The second kappa shape index (κ2) is 10.1. The summed E-state index contributed by atoms with van der Waals surface area (Å²) in [6.45, 7) is 1.05. The smallest absolute Gasteiger partial charge is 0.243 e. The van der Waals surface area contributed by atoms with Crippen molar-refractivity contribution in [1.29, 1.82) is 0 Å². The quantitative estimate of drug-likeness (QED) is 0.542. The van der Waals surface area contributed by atoms with Gasteiger partial charge < -0.3 is 10.1 Å². The lowest BCUT2D eigenvalue weighted by Crippen LogP contribution is -2.44. The number of ether oxygens (including phenoxy) is 1. The molecule has 1 amide bonds. The molecule has 1 aromatic heterocycles. The van der Waals surface area contributed by atoms with Gasteiger partial charge in [0.25, 0.3) is 0 Å². The third kappa shape index (κ3) is 5.40. The lowest BCUT2D eigenvalue weighted by Gasteiger charge is -2.31. The average molecular weight is 470 g/mol. The largest absolute Gasteiger partial charge is 0.497 e. The van der Waals surface area contributed by atoms with Crippen molar-refractivity contribution in [2.24, 2.45) is 5.92 Å². The number of hydrogen-bond donors (Lipinski definition) is 1. The Kier molecular flexibility index (Phi) is 7.05. The Morgan fingerprint density at radius 3 is 2.42 bits per heavy atom. The molecule has 1 saturated heterocycles. The number of nitrogens with zero attached hydrogens (tertiary/aromatic N) is 4. The number of aromatic nitrogens is 3. The topological polar surface area (TPSA) is 106 Å². The molecule has 10 heteroatoms. The van der Waals surface area contributed by atoms with Crippen LogP contribution < -0.4 is 10.1 Å². The summed E-state index contributed by atoms with van der Waals surface area (Å²) in [7, 11) is -2.07. The Bertz CT molecular complexity index is 1140. The number of methoxy groups -OCH3 is 1. The van der Waals surface area contributed by atoms with E-state index in [-0.39, 0.29) is 22.8 Å². The zero-order valence-electron chi connectivity index (χ0n) is 18.4. The van der Waals surface area contributed by atoms with E-state index in [0.29, 0.717) is 38.2 Å². The SMILES string of the molecule is COc1ccc(S(=O)(=O)N2CCC(C(=O)NC(Cn3cncn3)c3ccccc3)CC2)cc1. The number of carbonyl (C=O) groups excluding carboxylic acids is 1. The number of sulfonamides is 1. The molecular weight excluding hydrogens is 442 g/mol. The van der Waals surface area contributed by atoms with E-state index < -0.39 is 10.0 Å². The predicted molar refractivity (Wildman–Crippen MR) is 122 cm³/mol. The maximum absolute atomic E-state index is 13.1. The van der Waals surface area contributed by atoms with Gasteiger partial charge in [-0.2, -0.15) is 9.40 Å². The maximum Gasteiger partial charge on any atom is 0.243 e. The normalized spacial score (nSPS) is 16.3. The van der Waals surface area contributed by atoms with E-state index in [2.05, 4.69) is 15.4 Å². The monoisotopic (exact) mass is 469 g/mol. The molecule has 2 heterocycles. The first-order chi connectivity index (χ1) is 16.0. The van der Waals surface area contributed by atoms with Crippen molar-refractivity contribution >= 4 is 15.9 Å². The van der Waals surface area contributed by atoms with Crippen LogP contribution in [0.25, 0.3) is 0 Å². The van der Waals surface area contributed by atoms with Crippen molar-refractivity contribution in [3.63, 3.8) is 0 Å². The first-order valence-corrected chi connectivity index (χ1v) is 12.2. The van der Waals surface area contributed by atoms with Crippen LogP contribution in [-0.2, 0) is 21.4 Å². The molecule has 1 aliphatic rings. The first-order valence-electron chi connectivity index (χ1n) is 10.8. The standard InChI is InChI=1S/C23H27N5O4S/c1-32-20-7-9-21(10-8-20)33(30,31)28-13-11-19(12-14-28)23(29)26-22(15-27-17-24-16-25-27)18-5-3-2-4-6-18/h2-10,16-17,19,22H,11-15H2,1H3,(H,26,29). The second-order valence-corrected chi connectivity index (χ2v) is 9.88. The van der Waals surface area contributed by atoms with Crippen LogP contribution in [0.4, 0.5) is 0 Å². The van der Waals surface area contributed by atoms with Gasteiger partial charge in [-0.15, -0.1) is 0 Å². The van der Waals surface area contributed by atoms with Gasteiger partial charge in [-0.05, 0) is 42.7 Å². The summed E-state index contributed by atoms with van der Waals surface area (Å²) in [6.07, 6.45) is 4.01. The van der Waals surface area contributed by atoms with Crippen LogP contribution in [0.2, 0.25) is 0 Å². The number of amides is 1. The zero-order chi connectivity index (χ0) is 23.3. The molecule has 174 valence electrons. The molecule has 9 nitrogen and oxygen atoms in total. The van der Waals surface area contributed by atoms with Gasteiger partial charge in [0.2, 0.25) is 15.9 Å². The summed E-state index contributed by atoms with van der Waals surface area (Å²) in [5, 5.41) is 7.28. The van der Waals surface area contributed by atoms with Crippen LogP contribution in [0, 0.1) is 5.92 Å². The molecule has 4 rings (SSSR count). The van der Waals surface area contributed by atoms with Gasteiger partial charge in [-0.1, -0.05) is 30.3 Å².